The van der Waals surface area contributed by atoms with E-state index in [1.54, 1.807) is 0 Å². The summed E-state index contributed by atoms with van der Waals surface area (Å²) in [5.74, 6) is 1.40. The number of aliphatic hydroxyl groups is 1. The molecule has 0 aliphatic heterocycles. The van der Waals surface area contributed by atoms with E-state index in [1.807, 2.05) is 0 Å². The Morgan fingerprint density at radius 3 is 2.32 bits per heavy atom. The lowest BCUT2D eigenvalue weighted by Gasteiger charge is -2.29. The minimum Gasteiger partial charge on any atom is -0.393 e. The smallest absolute Gasteiger partial charge is 0.0580 e. The molecule has 2 fully saturated rings. The van der Waals surface area contributed by atoms with E-state index in [1.165, 1.54) is 44.9 Å². The maximum atomic E-state index is 9.88. The second-order valence-electron chi connectivity index (χ2n) is 7.93. The normalized spacial score (nSPS) is 37.3. The van der Waals surface area contributed by atoms with Crippen LogP contribution in [-0.4, -0.2) is 23.8 Å². The number of aliphatic hydroxyl groups excluding tert-OH is 1. The van der Waals surface area contributed by atoms with E-state index in [-0.39, 0.29) is 6.10 Å². The van der Waals surface area contributed by atoms with Crippen molar-refractivity contribution in [1.29, 1.82) is 0 Å². The molecular formula is C17H33NO. The first-order valence-corrected chi connectivity index (χ1v) is 8.38. The first-order valence-electron chi connectivity index (χ1n) is 8.38. The van der Waals surface area contributed by atoms with Crippen LogP contribution in [0.5, 0.6) is 0 Å². The fraction of sp³-hybridized carbons (Fsp3) is 1.00. The maximum Gasteiger partial charge on any atom is 0.0580 e. The molecule has 2 aliphatic rings. The van der Waals surface area contributed by atoms with Gasteiger partial charge in [0.15, 0.2) is 0 Å². The van der Waals surface area contributed by atoms with Crippen LogP contribution in [0.2, 0.25) is 0 Å². The Kier molecular flexibility index (Phi) is 5.30. The molecule has 19 heavy (non-hydrogen) atoms. The van der Waals surface area contributed by atoms with Crippen molar-refractivity contribution in [3.05, 3.63) is 0 Å². The van der Waals surface area contributed by atoms with E-state index in [0.717, 1.165) is 18.9 Å². The van der Waals surface area contributed by atoms with Gasteiger partial charge in [-0.05, 0) is 55.8 Å². The van der Waals surface area contributed by atoms with Gasteiger partial charge in [-0.3, -0.25) is 0 Å². The molecule has 2 heteroatoms. The average molecular weight is 267 g/mol. The maximum absolute atomic E-state index is 9.88. The summed E-state index contributed by atoms with van der Waals surface area (Å²) < 4.78 is 0. The van der Waals surface area contributed by atoms with Crippen LogP contribution < -0.4 is 5.32 Å². The lowest BCUT2D eigenvalue weighted by molar-refractivity contribution is 0.129. The van der Waals surface area contributed by atoms with Crippen LogP contribution in [0, 0.1) is 17.3 Å². The zero-order valence-electron chi connectivity index (χ0n) is 13.1. The van der Waals surface area contributed by atoms with Crippen molar-refractivity contribution in [1.82, 2.24) is 5.32 Å². The van der Waals surface area contributed by atoms with Gasteiger partial charge in [-0.2, -0.15) is 0 Å². The Labute approximate surface area is 119 Å². The molecule has 2 saturated carbocycles. The second-order valence-corrected chi connectivity index (χ2v) is 7.93. The third kappa shape index (κ3) is 4.46. The molecule has 112 valence electrons. The van der Waals surface area contributed by atoms with Gasteiger partial charge in [-0.15, -0.1) is 0 Å². The largest absolute Gasteiger partial charge is 0.393 e. The summed E-state index contributed by atoms with van der Waals surface area (Å²) in [6.45, 7) is 8.20. The highest BCUT2D eigenvalue weighted by Crippen LogP contribution is 2.37. The van der Waals surface area contributed by atoms with Crippen molar-refractivity contribution in [2.75, 3.05) is 6.54 Å². The van der Waals surface area contributed by atoms with Crippen LogP contribution in [0.4, 0.5) is 0 Å². The summed E-state index contributed by atoms with van der Waals surface area (Å²) in [7, 11) is 0. The van der Waals surface area contributed by atoms with Crippen LogP contribution in [0.3, 0.4) is 0 Å². The highest BCUT2D eigenvalue weighted by molar-refractivity contribution is 4.83. The summed E-state index contributed by atoms with van der Waals surface area (Å²) in [5.41, 5.74) is 0.469. The number of nitrogens with one attached hydrogen (secondary N) is 1. The lowest BCUT2D eigenvalue weighted by atomic mass is 9.76. The van der Waals surface area contributed by atoms with Gasteiger partial charge >= 0.3 is 0 Å². The van der Waals surface area contributed by atoms with Crippen molar-refractivity contribution in [3.63, 3.8) is 0 Å². The zero-order valence-corrected chi connectivity index (χ0v) is 13.1. The van der Waals surface area contributed by atoms with Gasteiger partial charge in [0, 0.05) is 12.6 Å². The first-order chi connectivity index (χ1) is 8.97. The molecule has 0 amide bonds. The second kappa shape index (κ2) is 6.58. The average Bonchev–Trinajstić information content (AvgIpc) is 2.61. The number of hydrogen-bond acceptors (Lipinski definition) is 2. The molecule has 4 unspecified atom stereocenters. The topological polar surface area (TPSA) is 32.3 Å². The Hall–Kier alpha value is -0.0800. The van der Waals surface area contributed by atoms with Crippen LogP contribution in [0.1, 0.15) is 72.1 Å². The third-order valence-corrected chi connectivity index (χ3v) is 5.48. The fourth-order valence-electron chi connectivity index (χ4n) is 3.95. The molecule has 0 radical (unpaired) electrons. The van der Waals surface area contributed by atoms with Gasteiger partial charge in [0.1, 0.15) is 0 Å². The molecule has 0 bridgehead atoms. The minimum atomic E-state index is -0.0411. The SMILES string of the molecule is CC(C)(C)C1CCCC(NCC2CCCC2O)CC1. The van der Waals surface area contributed by atoms with E-state index < -0.39 is 0 Å². The molecule has 2 aliphatic carbocycles. The van der Waals surface area contributed by atoms with E-state index in [4.69, 9.17) is 0 Å². The Morgan fingerprint density at radius 1 is 0.947 bits per heavy atom. The van der Waals surface area contributed by atoms with Crippen molar-refractivity contribution in [2.24, 2.45) is 17.3 Å². The van der Waals surface area contributed by atoms with Gasteiger partial charge in [-0.1, -0.05) is 33.6 Å². The number of rotatable bonds is 3. The van der Waals surface area contributed by atoms with Gasteiger partial charge < -0.3 is 10.4 Å². The lowest BCUT2D eigenvalue weighted by Crippen LogP contribution is -2.35. The summed E-state index contributed by atoms with van der Waals surface area (Å²) in [5, 5.41) is 13.6. The van der Waals surface area contributed by atoms with Crippen LogP contribution in [0.25, 0.3) is 0 Å². The summed E-state index contributed by atoms with van der Waals surface area (Å²) in [4.78, 5) is 0. The predicted molar refractivity (Wildman–Crippen MR) is 81.2 cm³/mol. The Balaban J connectivity index is 1.73. The summed E-state index contributed by atoms with van der Waals surface area (Å²) >= 11 is 0. The van der Waals surface area contributed by atoms with Crippen molar-refractivity contribution < 1.29 is 5.11 Å². The molecule has 0 aromatic rings. The minimum absolute atomic E-state index is 0.0411. The molecule has 0 aromatic carbocycles. The molecular weight excluding hydrogens is 234 g/mol. The standard InChI is InChI=1S/C17H33NO/c1-17(2,3)14-7-5-8-15(11-10-14)18-12-13-6-4-9-16(13)19/h13-16,18-19H,4-12H2,1-3H3. The molecule has 2 N–H and O–H groups in total. The molecule has 0 spiro atoms. The van der Waals surface area contributed by atoms with Gasteiger partial charge in [0.25, 0.3) is 0 Å². The molecule has 4 atom stereocenters. The molecule has 2 nitrogen and oxygen atoms in total. The molecule has 0 heterocycles. The zero-order chi connectivity index (χ0) is 13.9. The van der Waals surface area contributed by atoms with Crippen LogP contribution in [-0.2, 0) is 0 Å². The molecule has 2 rings (SSSR count). The first kappa shape index (κ1) is 15.3. The third-order valence-electron chi connectivity index (χ3n) is 5.48. The number of hydrogen-bond donors (Lipinski definition) is 2. The predicted octanol–water partition coefficient (Wildman–Crippen LogP) is 3.73. The highest BCUT2D eigenvalue weighted by atomic mass is 16.3. The highest BCUT2D eigenvalue weighted by Gasteiger charge is 2.29. The van der Waals surface area contributed by atoms with Gasteiger partial charge in [0.2, 0.25) is 0 Å². The van der Waals surface area contributed by atoms with Gasteiger partial charge in [-0.25, -0.2) is 0 Å². The van der Waals surface area contributed by atoms with Crippen molar-refractivity contribution >= 4 is 0 Å². The van der Waals surface area contributed by atoms with Crippen molar-refractivity contribution in [2.45, 2.75) is 84.3 Å². The van der Waals surface area contributed by atoms with Gasteiger partial charge in [0.05, 0.1) is 6.10 Å². The van der Waals surface area contributed by atoms with Crippen LogP contribution >= 0.6 is 0 Å². The quantitative estimate of drug-likeness (QED) is 0.764. The van der Waals surface area contributed by atoms with E-state index in [0.29, 0.717) is 17.4 Å². The Bertz CT molecular complexity index is 271. The van der Waals surface area contributed by atoms with Crippen molar-refractivity contribution in [3.8, 4) is 0 Å². The van der Waals surface area contributed by atoms with E-state index in [2.05, 4.69) is 26.1 Å². The summed E-state index contributed by atoms with van der Waals surface area (Å²) in [6, 6.07) is 0.695. The monoisotopic (exact) mass is 267 g/mol. The molecule has 0 saturated heterocycles. The van der Waals surface area contributed by atoms with E-state index in [9.17, 15) is 5.11 Å². The summed E-state index contributed by atoms with van der Waals surface area (Å²) in [6.07, 6.45) is 10.2. The van der Waals surface area contributed by atoms with Crippen LogP contribution in [0.15, 0.2) is 0 Å². The van der Waals surface area contributed by atoms with E-state index >= 15 is 0 Å². The molecule has 0 aromatic heterocycles. The Morgan fingerprint density at radius 2 is 1.68 bits per heavy atom. The fourth-order valence-corrected chi connectivity index (χ4v) is 3.95.